The normalized spacial score (nSPS) is 18.0. The smallest absolute Gasteiger partial charge is 0.335 e. The summed E-state index contributed by atoms with van der Waals surface area (Å²) in [6.45, 7) is 6.42. The second-order valence-electron chi connectivity index (χ2n) is 9.54. The Morgan fingerprint density at radius 1 is 1.15 bits per heavy atom. The van der Waals surface area contributed by atoms with E-state index in [1.54, 1.807) is 0 Å². The van der Waals surface area contributed by atoms with Gasteiger partial charge in [-0.2, -0.15) is 5.01 Å². The predicted octanol–water partition coefficient (Wildman–Crippen LogP) is 2.33. The third kappa shape index (κ3) is 4.54. The van der Waals surface area contributed by atoms with Crippen LogP contribution in [0.15, 0.2) is 29.4 Å². The van der Waals surface area contributed by atoms with E-state index < -0.39 is 23.4 Å². The Labute approximate surface area is 196 Å². The van der Waals surface area contributed by atoms with E-state index in [1.807, 2.05) is 24.3 Å². The predicted molar refractivity (Wildman–Crippen MR) is 124 cm³/mol. The summed E-state index contributed by atoms with van der Waals surface area (Å²) in [5.41, 5.74) is 3.57. The van der Waals surface area contributed by atoms with Crippen molar-refractivity contribution < 1.29 is 14.4 Å². The van der Waals surface area contributed by atoms with Gasteiger partial charge in [-0.15, -0.1) is 10.2 Å². The molecule has 0 bridgehead atoms. The molecule has 1 aliphatic heterocycles. The molecule has 1 aromatic carbocycles. The third-order valence-corrected chi connectivity index (χ3v) is 7.05. The Hall–Kier alpha value is -3.08. The van der Waals surface area contributed by atoms with Crippen molar-refractivity contribution in [1.82, 2.24) is 30.6 Å². The molecule has 4 rings (SSSR count). The number of hydrogen-bond donors (Lipinski definition) is 3. The molecule has 33 heavy (non-hydrogen) atoms. The van der Waals surface area contributed by atoms with Crippen LogP contribution < -0.4 is 16.6 Å². The first-order chi connectivity index (χ1) is 15.6. The maximum absolute atomic E-state index is 12.8. The number of nitrogens with two attached hydrogens (primary N) is 1. The van der Waals surface area contributed by atoms with Crippen LogP contribution in [0.4, 0.5) is 4.79 Å². The number of hydrogen-bond acceptors (Lipinski definition) is 7. The van der Waals surface area contributed by atoms with Crippen molar-refractivity contribution in [2.24, 2.45) is 0 Å². The second kappa shape index (κ2) is 8.69. The third-order valence-electron chi connectivity index (χ3n) is 6.11. The van der Waals surface area contributed by atoms with Gasteiger partial charge in [-0.05, 0) is 23.8 Å². The number of urea groups is 1. The van der Waals surface area contributed by atoms with Crippen LogP contribution in [0, 0.1) is 0 Å². The van der Waals surface area contributed by atoms with Gasteiger partial charge in [-0.1, -0.05) is 76.1 Å². The molecule has 176 valence electrons. The van der Waals surface area contributed by atoms with Gasteiger partial charge in [0, 0.05) is 5.56 Å². The molecule has 0 unspecified atom stereocenters. The molecule has 2 aromatic rings. The molecule has 10 nitrogen and oxygen atoms in total. The van der Waals surface area contributed by atoms with E-state index in [1.165, 1.54) is 10.2 Å². The van der Waals surface area contributed by atoms with Crippen molar-refractivity contribution in [2.75, 3.05) is 11.6 Å². The highest BCUT2D eigenvalue weighted by Gasteiger charge is 2.52. The van der Waals surface area contributed by atoms with Gasteiger partial charge in [-0.25, -0.2) is 9.47 Å². The number of imide groups is 1. The van der Waals surface area contributed by atoms with Gasteiger partial charge in [0.25, 0.3) is 5.91 Å². The fourth-order valence-corrected chi connectivity index (χ4v) is 4.84. The van der Waals surface area contributed by atoms with E-state index >= 15 is 0 Å². The molecule has 1 saturated heterocycles. The van der Waals surface area contributed by atoms with Crippen molar-refractivity contribution in [2.45, 2.75) is 69.0 Å². The van der Waals surface area contributed by atoms with Crippen LogP contribution in [0.5, 0.6) is 0 Å². The van der Waals surface area contributed by atoms with Gasteiger partial charge in [-0.3, -0.25) is 15.0 Å². The van der Waals surface area contributed by atoms with Gasteiger partial charge < -0.3 is 11.2 Å². The fourth-order valence-electron chi connectivity index (χ4n) is 4.19. The summed E-state index contributed by atoms with van der Waals surface area (Å²) >= 11 is 1.07. The highest BCUT2D eigenvalue weighted by atomic mass is 32.2. The molecule has 4 N–H and O–H groups in total. The largest absolute Gasteiger partial charge is 0.344 e. The van der Waals surface area contributed by atoms with Gasteiger partial charge >= 0.3 is 6.03 Å². The minimum Gasteiger partial charge on any atom is -0.335 e. The van der Waals surface area contributed by atoms with Crippen molar-refractivity contribution in [1.29, 1.82) is 0 Å². The molecule has 2 fully saturated rings. The number of carbonyl (C=O) groups is 3. The molecule has 1 aliphatic carbocycles. The Kier molecular flexibility index (Phi) is 6.08. The van der Waals surface area contributed by atoms with Crippen molar-refractivity contribution in [3.05, 3.63) is 29.8 Å². The van der Waals surface area contributed by atoms with Crippen molar-refractivity contribution >= 4 is 29.6 Å². The maximum Gasteiger partial charge on any atom is 0.344 e. The van der Waals surface area contributed by atoms with E-state index in [0.29, 0.717) is 23.8 Å². The molecular weight excluding hydrogens is 442 g/mol. The number of thioether (sulfide) groups is 1. The molecule has 1 saturated carbocycles. The van der Waals surface area contributed by atoms with E-state index in [9.17, 15) is 14.4 Å². The summed E-state index contributed by atoms with van der Waals surface area (Å²) < 4.78 is 1.33. The Bertz CT molecular complexity index is 1070. The average Bonchev–Trinajstić information content (AvgIpc) is 3.25. The van der Waals surface area contributed by atoms with E-state index in [4.69, 9.17) is 5.84 Å². The molecule has 0 atom stereocenters. The molecular formula is C22H29N7O3S. The SMILES string of the molecule is CC(C)(C)c1ccc(-c2nnc(SCC(=O)NN3C(=O)NC4(CCCCC4)C3=O)n2N)cc1. The summed E-state index contributed by atoms with van der Waals surface area (Å²) in [5, 5.41) is 12.1. The zero-order valence-corrected chi connectivity index (χ0v) is 19.9. The number of carbonyl (C=O) groups excluding carboxylic acids is 3. The van der Waals surface area contributed by atoms with E-state index in [0.717, 1.165) is 41.6 Å². The number of aromatic nitrogens is 3. The summed E-state index contributed by atoms with van der Waals surface area (Å²) in [4.78, 5) is 37.5. The standard InChI is InChI=1S/C22H29N7O3S/c1-21(2,3)15-9-7-14(8-10-15)17-25-26-20(28(17)23)33-13-16(30)27-29-18(31)22(24-19(29)32)11-5-4-6-12-22/h7-10H,4-6,11-13,23H2,1-3H3,(H,24,32)(H,27,30). The minimum atomic E-state index is -0.884. The Balaban J connectivity index is 1.37. The highest BCUT2D eigenvalue weighted by Crippen LogP contribution is 2.33. The average molecular weight is 472 g/mol. The molecule has 2 heterocycles. The Morgan fingerprint density at radius 3 is 2.45 bits per heavy atom. The first kappa shape index (κ1) is 23.1. The van der Waals surface area contributed by atoms with Gasteiger partial charge in [0.15, 0.2) is 5.82 Å². The van der Waals surface area contributed by atoms with E-state index in [2.05, 4.69) is 41.7 Å². The van der Waals surface area contributed by atoms with Crippen LogP contribution in [0.1, 0.15) is 58.4 Å². The Morgan fingerprint density at radius 2 is 1.82 bits per heavy atom. The number of rotatable bonds is 5. The fraction of sp³-hybridized carbons (Fsp3) is 0.500. The van der Waals surface area contributed by atoms with Crippen LogP contribution in [0.2, 0.25) is 0 Å². The number of amides is 4. The van der Waals surface area contributed by atoms with Gasteiger partial charge in [0.05, 0.1) is 5.75 Å². The zero-order chi connectivity index (χ0) is 23.8. The molecule has 2 aliphatic rings. The molecule has 11 heteroatoms. The van der Waals surface area contributed by atoms with Gasteiger partial charge in [0.1, 0.15) is 5.54 Å². The monoisotopic (exact) mass is 471 g/mol. The topological polar surface area (TPSA) is 135 Å². The maximum atomic E-state index is 12.8. The lowest BCUT2D eigenvalue weighted by Gasteiger charge is -2.30. The quantitative estimate of drug-likeness (QED) is 0.346. The summed E-state index contributed by atoms with van der Waals surface area (Å²) in [5.74, 6) is 5.66. The van der Waals surface area contributed by atoms with E-state index in [-0.39, 0.29) is 11.2 Å². The number of hydrazine groups is 1. The second-order valence-corrected chi connectivity index (χ2v) is 10.5. The number of nitrogen functional groups attached to an aromatic ring is 1. The van der Waals surface area contributed by atoms with Crippen LogP contribution in [0.3, 0.4) is 0 Å². The summed E-state index contributed by atoms with van der Waals surface area (Å²) in [6.07, 6.45) is 3.97. The van der Waals surface area contributed by atoms with Crippen molar-refractivity contribution in [3.8, 4) is 11.4 Å². The number of nitrogens with zero attached hydrogens (tertiary/aromatic N) is 4. The number of benzene rings is 1. The summed E-state index contributed by atoms with van der Waals surface area (Å²) in [6, 6.07) is 7.34. The van der Waals surface area contributed by atoms with Crippen molar-refractivity contribution in [3.63, 3.8) is 0 Å². The zero-order valence-electron chi connectivity index (χ0n) is 19.1. The molecule has 4 amide bonds. The molecule has 1 aromatic heterocycles. The van der Waals surface area contributed by atoms with Crippen LogP contribution in [0.25, 0.3) is 11.4 Å². The van der Waals surface area contributed by atoms with Crippen LogP contribution >= 0.6 is 11.8 Å². The van der Waals surface area contributed by atoms with Crippen LogP contribution in [-0.4, -0.2) is 49.0 Å². The minimum absolute atomic E-state index is 0.0353. The highest BCUT2D eigenvalue weighted by molar-refractivity contribution is 7.99. The number of nitrogens with one attached hydrogen (secondary N) is 2. The lowest BCUT2D eigenvalue weighted by atomic mass is 9.82. The summed E-state index contributed by atoms with van der Waals surface area (Å²) in [7, 11) is 0. The van der Waals surface area contributed by atoms with Gasteiger partial charge in [0.2, 0.25) is 11.1 Å². The first-order valence-electron chi connectivity index (χ1n) is 11.0. The lowest BCUT2D eigenvalue weighted by molar-refractivity contribution is -0.139. The molecule has 1 spiro atoms. The van der Waals surface area contributed by atoms with Crippen LogP contribution in [-0.2, 0) is 15.0 Å². The first-order valence-corrected chi connectivity index (χ1v) is 12.0. The lowest BCUT2D eigenvalue weighted by Crippen LogP contribution is -2.51. The molecule has 0 radical (unpaired) electrons.